The van der Waals surface area contributed by atoms with E-state index in [0.29, 0.717) is 6.54 Å². The number of aromatic nitrogens is 1. The lowest BCUT2D eigenvalue weighted by molar-refractivity contribution is -0.701. The van der Waals surface area contributed by atoms with Crippen molar-refractivity contribution in [3.63, 3.8) is 0 Å². The fraction of sp³-hybridized carbons (Fsp3) is 0.784. The predicted octanol–water partition coefficient (Wildman–Crippen LogP) is 9.03. The van der Waals surface area contributed by atoms with Crippen LogP contribution in [0.25, 0.3) is 0 Å². The number of nitrogens with one attached hydrogen (secondary N) is 1. The lowest BCUT2D eigenvalue weighted by atomic mass is 10.0. The first-order valence-corrected chi connectivity index (χ1v) is 18.3. The Bertz CT molecular complexity index is 950. The van der Waals surface area contributed by atoms with E-state index in [1.165, 1.54) is 96.8 Å². The van der Waals surface area contributed by atoms with Crippen LogP contribution in [-0.4, -0.2) is 42.2 Å². The summed E-state index contributed by atoms with van der Waals surface area (Å²) in [5, 5.41) is 2.85. The molecule has 0 radical (unpaired) electrons. The summed E-state index contributed by atoms with van der Waals surface area (Å²) in [6, 6.07) is 5.70. The quantitative estimate of drug-likeness (QED) is 0.0909. The third-order valence-electron chi connectivity index (χ3n) is 9.15. The average Bonchev–Trinajstić information content (AvgIpc) is 3.58. The van der Waals surface area contributed by atoms with Crippen molar-refractivity contribution in [3.8, 4) is 0 Å². The highest BCUT2D eigenvalue weighted by Gasteiger charge is 2.33. The Morgan fingerprint density at radius 1 is 0.844 bits per heavy atom. The number of rotatable bonds is 24. The first-order valence-electron chi connectivity index (χ1n) is 18.3. The number of hydrogen-bond acceptors (Lipinski definition) is 5. The smallest absolute Gasteiger partial charge is 0.417 e. The Kier molecular flexibility index (Phi) is 21.0. The minimum Gasteiger partial charge on any atom is -0.446 e. The van der Waals surface area contributed by atoms with Crippen molar-refractivity contribution in [1.29, 1.82) is 0 Å². The summed E-state index contributed by atoms with van der Waals surface area (Å²) < 4.78 is 13.3. The molecule has 0 aliphatic heterocycles. The van der Waals surface area contributed by atoms with Gasteiger partial charge in [0.1, 0.15) is 25.8 Å². The van der Waals surface area contributed by atoms with Gasteiger partial charge < -0.3 is 14.8 Å². The van der Waals surface area contributed by atoms with Gasteiger partial charge in [0.2, 0.25) is 11.6 Å². The minimum absolute atomic E-state index is 0.00671. The van der Waals surface area contributed by atoms with Crippen LogP contribution in [0.4, 0.5) is 9.59 Å². The number of unbranched alkanes of at least 4 members (excludes halogenated alkanes) is 15. The maximum atomic E-state index is 13.2. The van der Waals surface area contributed by atoms with Gasteiger partial charge in [0.25, 0.3) is 0 Å². The van der Waals surface area contributed by atoms with Crippen LogP contribution in [0.2, 0.25) is 0 Å². The summed E-state index contributed by atoms with van der Waals surface area (Å²) >= 11 is 0. The fourth-order valence-corrected chi connectivity index (χ4v) is 6.29. The molecule has 8 heteroatoms. The van der Waals surface area contributed by atoms with Gasteiger partial charge in [-0.3, -0.25) is 4.79 Å². The first kappa shape index (κ1) is 38.5. The molecule has 8 nitrogen and oxygen atoms in total. The van der Waals surface area contributed by atoms with Crippen molar-refractivity contribution in [3.05, 3.63) is 30.1 Å². The number of amides is 3. The maximum absolute atomic E-state index is 13.2. The van der Waals surface area contributed by atoms with Crippen molar-refractivity contribution in [2.45, 2.75) is 168 Å². The number of aryl methyl sites for hydroxylation is 1. The van der Waals surface area contributed by atoms with E-state index in [2.05, 4.69) is 12.2 Å². The molecule has 1 N–H and O–H groups in total. The number of carbonyl (C=O) groups is 3. The van der Waals surface area contributed by atoms with Crippen molar-refractivity contribution < 1.29 is 28.4 Å². The molecule has 1 aromatic heterocycles. The maximum Gasteiger partial charge on any atom is 0.417 e. The van der Waals surface area contributed by atoms with Crippen LogP contribution < -0.4 is 9.88 Å². The molecule has 1 fully saturated rings. The van der Waals surface area contributed by atoms with E-state index in [9.17, 15) is 14.4 Å². The summed E-state index contributed by atoms with van der Waals surface area (Å²) in [4.78, 5) is 39.1. The highest BCUT2D eigenvalue weighted by molar-refractivity contribution is 5.90. The van der Waals surface area contributed by atoms with Gasteiger partial charge in [-0.1, -0.05) is 122 Å². The molecular formula is C37H64N3O5+. The van der Waals surface area contributed by atoms with Crippen LogP contribution in [0.5, 0.6) is 0 Å². The highest BCUT2D eigenvalue weighted by Crippen LogP contribution is 2.30. The Morgan fingerprint density at radius 2 is 1.40 bits per heavy atom. The van der Waals surface area contributed by atoms with E-state index in [-0.39, 0.29) is 25.0 Å². The second kappa shape index (κ2) is 24.6. The Hall–Kier alpha value is -2.64. The molecule has 1 aliphatic rings. The molecule has 0 saturated heterocycles. The zero-order valence-electron chi connectivity index (χ0n) is 28.9. The average molecular weight is 631 g/mol. The molecular weight excluding hydrogens is 566 g/mol. The van der Waals surface area contributed by atoms with Crippen molar-refractivity contribution in [2.24, 2.45) is 5.92 Å². The summed E-state index contributed by atoms with van der Waals surface area (Å²) in [5.74, 6) is -0.262. The van der Waals surface area contributed by atoms with Gasteiger partial charge in [0.05, 0.1) is 0 Å². The number of ether oxygens (including phenoxy) is 2. The molecule has 1 heterocycles. The molecule has 3 amide bonds. The highest BCUT2D eigenvalue weighted by atomic mass is 16.6. The lowest BCUT2D eigenvalue weighted by Crippen LogP contribution is -2.45. The molecule has 1 aromatic rings. The number of pyridine rings is 1. The standard InChI is InChI=1S/C37H63N3O5/c1-4-6-7-8-9-10-11-12-13-14-15-16-17-18-19-23-28-38-36(42)44-31-35(33-25-20-21-26-33)45-37(43)40(32(3)41)30-34-27-22-24-29-39(34)5-2/h22,24,27,29,33,35H,4-21,23,25-26,28,30-31H2,1-3H3/p+1. The lowest BCUT2D eigenvalue weighted by Gasteiger charge is -2.26. The van der Waals surface area contributed by atoms with Gasteiger partial charge in [-0.2, -0.15) is 0 Å². The van der Waals surface area contributed by atoms with Crippen molar-refractivity contribution in [1.82, 2.24) is 10.2 Å². The number of carbonyl (C=O) groups excluding carboxylic acids is 3. The normalized spacial score (nSPS) is 13.8. The van der Waals surface area contributed by atoms with Crippen LogP contribution in [0.3, 0.4) is 0 Å². The Labute approximate surface area is 274 Å². The van der Waals surface area contributed by atoms with Gasteiger partial charge in [0, 0.05) is 25.6 Å². The Morgan fingerprint density at radius 3 is 1.93 bits per heavy atom. The van der Waals surface area contributed by atoms with E-state index in [4.69, 9.17) is 9.47 Å². The molecule has 1 unspecified atom stereocenters. The van der Waals surface area contributed by atoms with E-state index in [1.807, 2.05) is 35.9 Å². The van der Waals surface area contributed by atoms with Gasteiger partial charge in [0.15, 0.2) is 6.20 Å². The van der Waals surface area contributed by atoms with Crippen LogP contribution in [0.15, 0.2) is 24.4 Å². The fourth-order valence-electron chi connectivity index (χ4n) is 6.29. The van der Waals surface area contributed by atoms with Gasteiger partial charge in [-0.15, -0.1) is 0 Å². The summed E-state index contributed by atoms with van der Waals surface area (Å²) in [6.45, 7) is 7.08. The summed E-state index contributed by atoms with van der Waals surface area (Å²) in [5.41, 5.74) is 0.842. The zero-order valence-corrected chi connectivity index (χ0v) is 28.9. The monoisotopic (exact) mass is 630 g/mol. The van der Waals surface area contributed by atoms with Crippen LogP contribution in [0.1, 0.15) is 155 Å². The molecule has 45 heavy (non-hydrogen) atoms. The minimum atomic E-state index is -0.692. The second-order valence-electron chi connectivity index (χ2n) is 12.9. The molecule has 0 aromatic carbocycles. The predicted molar refractivity (Wildman–Crippen MR) is 180 cm³/mol. The number of nitrogens with zero attached hydrogens (tertiary/aromatic N) is 2. The van der Waals surface area contributed by atoms with E-state index in [0.717, 1.165) is 55.7 Å². The third-order valence-corrected chi connectivity index (χ3v) is 9.15. The molecule has 2 rings (SSSR count). The van der Waals surface area contributed by atoms with E-state index < -0.39 is 18.3 Å². The second-order valence-corrected chi connectivity index (χ2v) is 12.9. The van der Waals surface area contributed by atoms with E-state index >= 15 is 0 Å². The zero-order chi connectivity index (χ0) is 32.5. The summed E-state index contributed by atoms with van der Waals surface area (Å²) in [6.07, 6.45) is 25.2. The number of alkyl carbamates (subject to hydrolysis) is 1. The van der Waals surface area contributed by atoms with Crippen LogP contribution >= 0.6 is 0 Å². The first-order chi connectivity index (χ1) is 22.0. The van der Waals surface area contributed by atoms with Crippen molar-refractivity contribution >= 4 is 18.1 Å². The number of hydrogen-bond donors (Lipinski definition) is 1. The van der Waals surface area contributed by atoms with Crippen molar-refractivity contribution in [2.75, 3.05) is 13.2 Å². The molecule has 1 saturated carbocycles. The SMILES string of the molecule is CCCCCCCCCCCCCCCCCCNC(=O)OCC(OC(=O)N(Cc1cccc[n+]1CC)C(C)=O)C1CCCC1. The molecule has 1 atom stereocenters. The van der Waals surface area contributed by atoms with Crippen LogP contribution in [-0.2, 0) is 27.4 Å². The molecule has 1 aliphatic carbocycles. The topological polar surface area (TPSA) is 88.8 Å². The van der Waals surface area contributed by atoms with Gasteiger partial charge >= 0.3 is 12.2 Å². The van der Waals surface area contributed by atoms with E-state index in [1.54, 1.807) is 0 Å². The Balaban J connectivity index is 1.59. The van der Waals surface area contributed by atoms with Gasteiger partial charge in [-0.05, 0) is 32.1 Å². The number of imide groups is 1. The van der Waals surface area contributed by atoms with Gasteiger partial charge in [-0.25, -0.2) is 19.1 Å². The molecule has 256 valence electrons. The molecule has 0 bridgehead atoms. The summed E-state index contributed by atoms with van der Waals surface area (Å²) in [7, 11) is 0. The molecule has 0 spiro atoms. The van der Waals surface area contributed by atoms with Crippen LogP contribution in [0, 0.1) is 5.92 Å². The third kappa shape index (κ3) is 17.0. The largest absolute Gasteiger partial charge is 0.446 e.